The molecule has 158 valence electrons. The second kappa shape index (κ2) is 11.4. The maximum absolute atomic E-state index is 6.50. The Bertz CT molecular complexity index is 761. The van der Waals surface area contributed by atoms with E-state index in [2.05, 4.69) is 41.4 Å². The molecule has 5 nitrogen and oxygen atoms in total. The summed E-state index contributed by atoms with van der Waals surface area (Å²) in [5.74, 6) is 1.36. The van der Waals surface area contributed by atoms with Crippen molar-refractivity contribution in [2.45, 2.75) is 26.5 Å². The third kappa shape index (κ3) is 6.89. The standard InChI is InChI=1S/C23H31ClN2O3/c1-18-4-6-19(7-5-18)17-29-23-15-21(24)20(14-22(23)27-2)16-25-8-3-9-26-10-12-28-13-11-26/h4-7,14-15,25H,3,8-13,16-17H2,1-2H3. The topological polar surface area (TPSA) is 43.0 Å². The van der Waals surface area contributed by atoms with Crippen molar-refractivity contribution in [1.82, 2.24) is 10.2 Å². The lowest BCUT2D eigenvalue weighted by molar-refractivity contribution is 0.0374. The van der Waals surface area contributed by atoms with Crippen molar-refractivity contribution in [3.05, 3.63) is 58.1 Å². The Balaban J connectivity index is 1.48. The number of aryl methyl sites for hydroxylation is 1. The van der Waals surface area contributed by atoms with Crippen LogP contribution in [0.5, 0.6) is 11.5 Å². The molecule has 2 aromatic carbocycles. The third-order valence-electron chi connectivity index (χ3n) is 5.09. The van der Waals surface area contributed by atoms with Gasteiger partial charge in [-0.15, -0.1) is 0 Å². The van der Waals surface area contributed by atoms with Gasteiger partial charge in [-0.25, -0.2) is 0 Å². The predicted octanol–water partition coefficient (Wildman–Crippen LogP) is 4.05. The minimum absolute atomic E-state index is 0.478. The second-order valence-corrected chi connectivity index (χ2v) is 7.76. The molecule has 1 aliphatic heterocycles. The Morgan fingerprint density at radius 3 is 2.59 bits per heavy atom. The summed E-state index contributed by atoms with van der Waals surface area (Å²) in [7, 11) is 1.65. The van der Waals surface area contributed by atoms with Gasteiger partial charge in [0.25, 0.3) is 0 Å². The number of hydrogen-bond acceptors (Lipinski definition) is 5. The van der Waals surface area contributed by atoms with E-state index in [0.717, 1.165) is 56.9 Å². The number of morpholine rings is 1. The number of hydrogen-bond donors (Lipinski definition) is 1. The minimum Gasteiger partial charge on any atom is -0.493 e. The molecule has 0 bridgehead atoms. The fourth-order valence-electron chi connectivity index (χ4n) is 3.31. The molecular formula is C23H31ClN2O3. The summed E-state index contributed by atoms with van der Waals surface area (Å²) in [5, 5.41) is 4.16. The summed E-state index contributed by atoms with van der Waals surface area (Å²) >= 11 is 6.50. The van der Waals surface area contributed by atoms with E-state index in [-0.39, 0.29) is 0 Å². The molecule has 0 unspecified atom stereocenters. The summed E-state index contributed by atoms with van der Waals surface area (Å²) in [6, 6.07) is 12.1. The zero-order valence-corrected chi connectivity index (χ0v) is 18.1. The van der Waals surface area contributed by atoms with Crippen LogP contribution in [-0.2, 0) is 17.9 Å². The monoisotopic (exact) mass is 418 g/mol. The molecule has 0 amide bonds. The molecule has 1 fully saturated rings. The van der Waals surface area contributed by atoms with Crippen molar-refractivity contribution in [3.8, 4) is 11.5 Å². The normalized spacial score (nSPS) is 14.7. The lowest BCUT2D eigenvalue weighted by Gasteiger charge is -2.26. The number of nitrogens with one attached hydrogen (secondary N) is 1. The van der Waals surface area contributed by atoms with E-state index in [1.54, 1.807) is 7.11 Å². The average molecular weight is 419 g/mol. The maximum Gasteiger partial charge on any atom is 0.163 e. The first-order valence-corrected chi connectivity index (χ1v) is 10.6. The number of ether oxygens (including phenoxy) is 3. The van der Waals surface area contributed by atoms with E-state index >= 15 is 0 Å². The van der Waals surface area contributed by atoms with Crippen LogP contribution in [0.15, 0.2) is 36.4 Å². The van der Waals surface area contributed by atoms with Gasteiger partial charge in [0.15, 0.2) is 11.5 Å². The van der Waals surface area contributed by atoms with Crippen molar-refractivity contribution < 1.29 is 14.2 Å². The minimum atomic E-state index is 0.478. The largest absolute Gasteiger partial charge is 0.493 e. The highest BCUT2D eigenvalue weighted by molar-refractivity contribution is 6.31. The van der Waals surface area contributed by atoms with Crippen LogP contribution >= 0.6 is 11.6 Å². The Morgan fingerprint density at radius 2 is 1.86 bits per heavy atom. The first-order valence-electron chi connectivity index (χ1n) is 10.2. The van der Waals surface area contributed by atoms with Crippen LogP contribution in [0.4, 0.5) is 0 Å². The highest BCUT2D eigenvalue weighted by atomic mass is 35.5. The molecule has 3 rings (SSSR count). The van der Waals surface area contributed by atoms with Crippen LogP contribution in [0.2, 0.25) is 5.02 Å². The fourth-order valence-corrected chi connectivity index (χ4v) is 3.53. The van der Waals surface area contributed by atoms with Crippen LogP contribution in [0, 0.1) is 6.92 Å². The number of halogens is 1. The molecule has 1 aliphatic rings. The van der Waals surface area contributed by atoms with E-state index in [9.17, 15) is 0 Å². The van der Waals surface area contributed by atoms with Gasteiger partial charge in [-0.05, 0) is 43.6 Å². The van der Waals surface area contributed by atoms with Gasteiger partial charge in [0.2, 0.25) is 0 Å². The molecule has 0 spiro atoms. The summed E-state index contributed by atoms with van der Waals surface area (Å²) in [4.78, 5) is 2.45. The molecule has 0 aliphatic carbocycles. The van der Waals surface area contributed by atoms with Crippen LogP contribution < -0.4 is 14.8 Å². The van der Waals surface area contributed by atoms with Crippen molar-refractivity contribution in [1.29, 1.82) is 0 Å². The van der Waals surface area contributed by atoms with Gasteiger partial charge < -0.3 is 19.5 Å². The zero-order chi connectivity index (χ0) is 20.5. The van der Waals surface area contributed by atoms with Gasteiger partial charge in [-0.1, -0.05) is 41.4 Å². The molecule has 2 aromatic rings. The maximum atomic E-state index is 6.50. The van der Waals surface area contributed by atoms with Gasteiger partial charge in [-0.3, -0.25) is 4.90 Å². The molecule has 1 heterocycles. The van der Waals surface area contributed by atoms with Crippen LogP contribution in [0.1, 0.15) is 23.1 Å². The second-order valence-electron chi connectivity index (χ2n) is 7.35. The quantitative estimate of drug-likeness (QED) is 0.589. The summed E-state index contributed by atoms with van der Waals surface area (Å²) < 4.78 is 16.9. The first kappa shape index (κ1) is 21.9. The van der Waals surface area contributed by atoms with Crippen molar-refractivity contribution in [2.24, 2.45) is 0 Å². The smallest absolute Gasteiger partial charge is 0.163 e. The number of rotatable bonds is 10. The fraction of sp³-hybridized carbons (Fsp3) is 0.478. The van der Waals surface area contributed by atoms with E-state index in [1.807, 2.05) is 12.1 Å². The van der Waals surface area contributed by atoms with Crippen LogP contribution in [0.25, 0.3) is 0 Å². The highest BCUT2D eigenvalue weighted by Crippen LogP contribution is 2.34. The number of benzene rings is 2. The first-order chi connectivity index (χ1) is 14.2. The Hall–Kier alpha value is -1.79. The highest BCUT2D eigenvalue weighted by Gasteiger charge is 2.12. The molecule has 1 saturated heterocycles. The van der Waals surface area contributed by atoms with Gasteiger partial charge in [0.05, 0.1) is 20.3 Å². The van der Waals surface area contributed by atoms with Crippen molar-refractivity contribution in [2.75, 3.05) is 46.5 Å². The molecule has 1 N–H and O–H groups in total. The van der Waals surface area contributed by atoms with Crippen molar-refractivity contribution in [3.63, 3.8) is 0 Å². The molecule has 29 heavy (non-hydrogen) atoms. The number of nitrogens with zero attached hydrogens (tertiary/aromatic N) is 1. The lowest BCUT2D eigenvalue weighted by Crippen LogP contribution is -2.37. The summed E-state index contributed by atoms with van der Waals surface area (Å²) in [5.41, 5.74) is 3.36. The van der Waals surface area contributed by atoms with E-state index in [4.69, 9.17) is 25.8 Å². The summed E-state index contributed by atoms with van der Waals surface area (Å²) in [6.07, 6.45) is 1.10. The van der Waals surface area contributed by atoms with Gasteiger partial charge >= 0.3 is 0 Å². The molecule has 0 atom stereocenters. The molecule has 0 saturated carbocycles. The zero-order valence-electron chi connectivity index (χ0n) is 17.4. The van der Waals surface area contributed by atoms with Gasteiger partial charge in [0, 0.05) is 30.7 Å². The van der Waals surface area contributed by atoms with E-state index < -0.39 is 0 Å². The number of methoxy groups -OCH3 is 1. The van der Waals surface area contributed by atoms with Crippen molar-refractivity contribution >= 4 is 11.6 Å². The molecule has 0 radical (unpaired) electrons. The van der Waals surface area contributed by atoms with Gasteiger partial charge in [-0.2, -0.15) is 0 Å². The lowest BCUT2D eigenvalue weighted by atomic mass is 10.1. The average Bonchev–Trinajstić information content (AvgIpc) is 2.75. The van der Waals surface area contributed by atoms with Gasteiger partial charge in [0.1, 0.15) is 6.61 Å². The van der Waals surface area contributed by atoms with Crippen LogP contribution in [0.3, 0.4) is 0 Å². The molecular weight excluding hydrogens is 388 g/mol. The predicted molar refractivity (Wildman–Crippen MR) is 117 cm³/mol. The Labute approximate surface area is 178 Å². The summed E-state index contributed by atoms with van der Waals surface area (Å²) in [6.45, 7) is 9.06. The Morgan fingerprint density at radius 1 is 1.10 bits per heavy atom. The van der Waals surface area contributed by atoms with E-state index in [1.165, 1.54) is 5.56 Å². The Kier molecular flexibility index (Phi) is 8.62. The molecule has 0 aromatic heterocycles. The van der Waals surface area contributed by atoms with E-state index in [0.29, 0.717) is 29.7 Å². The van der Waals surface area contributed by atoms with Crippen LogP contribution in [-0.4, -0.2) is 51.4 Å². The SMILES string of the molecule is COc1cc(CNCCCN2CCOCC2)c(Cl)cc1OCc1ccc(C)cc1. The third-order valence-corrected chi connectivity index (χ3v) is 5.45. The molecule has 6 heteroatoms.